The van der Waals surface area contributed by atoms with Gasteiger partial charge in [-0.25, -0.2) is 9.78 Å². The van der Waals surface area contributed by atoms with Gasteiger partial charge in [0.15, 0.2) is 17.2 Å². The van der Waals surface area contributed by atoms with Crippen molar-refractivity contribution in [1.29, 1.82) is 0 Å². The second-order valence-corrected chi connectivity index (χ2v) is 5.03. The van der Waals surface area contributed by atoms with Crippen LogP contribution < -0.4 is 9.47 Å². The molecule has 0 amide bonds. The number of carbonyl (C=O) groups is 1. The van der Waals surface area contributed by atoms with Crippen LogP contribution in [0.2, 0.25) is 0 Å². The highest BCUT2D eigenvalue weighted by Gasteiger charge is 2.22. The van der Waals surface area contributed by atoms with Crippen LogP contribution in [0.3, 0.4) is 0 Å². The summed E-state index contributed by atoms with van der Waals surface area (Å²) < 4.78 is 17.5. The lowest BCUT2D eigenvalue weighted by Crippen LogP contribution is -2.09. The molecule has 0 saturated heterocycles. The van der Waals surface area contributed by atoms with Crippen molar-refractivity contribution in [2.75, 3.05) is 20.8 Å². The number of fused-ring (bicyclic) bond motifs is 1. The van der Waals surface area contributed by atoms with Crippen molar-refractivity contribution in [2.24, 2.45) is 0 Å². The summed E-state index contributed by atoms with van der Waals surface area (Å²) in [5, 5.41) is 0. The average molecular weight is 326 g/mol. The zero-order valence-electron chi connectivity index (χ0n) is 13.8. The largest absolute Gasteiger partial charge is 0.493 e. The molecule has 1 aromatic carbocycles. The summed E-state index contributed by atoms with van der Waals surface area (Å²) in [5.74, 6) is 0.769. The third kappa shape index (κ3) is 2.67. The third-order valence-corrected chi connectivity index (χ3v) is 3.66. The molecule has 0 radical (unpaired) electrons. The van der Waals surface area contributed by atoms with E-state index < -0.39 is 5.97 Å². The molecule has 0 N–H and O–H groups in total. The Morgan fingerprint density at radius 2 is 1.92 bits per heavy atom. The van der Waals surface area contributed by atoms with E-state index >= 15 is 0 Å². The Morgan fingerprint density at radius 1 is 1.12 bits per heavy atom. The molecule has 6 nitrogen and oxygen atoms in total. The molecule has 3 aromatic rings. The summed E-state index contributed by atoms with van der Waals surface area (Å²) >= 11 is 0. The van der Waals surface area contributed by atoms with E-state index in [9.17, 15) is 4.79 Å². The number of benzene rings is 1. The molecule has 0 bridgehead atoms. The Morgan fingerprint density at radius 3 is 2.62 bits per heavy atom. The smallest absolute Gasteiger partial charge is 0.357 e. The SMILES string of the molecule is CCOC(=O)c1c(-c2ccc(OC)c(OC)c2)nc2ccccn12. The highest BCUT2D eigenvalue weighted by Crippen LogP contribution is 2.33. The number of rotatable bonds is 5. The van der Waals surface area contributed by atoms with Gasteiger partial charge in [-0.1, -0.05) is 6.07 Å². The second kappa shape index (κ2) is 6.62. The Kier molecular flexibility index (Phi) is 4.37. The normalized spacial score (nSPS) is 10.6. The molecule has 2 aromatic heterocycles. The van der Waals surface area contributed by atoms with Crippen LogP contribution in [-0.4, -0.2) is 36.2 Å². The molecule has 0 fully saturated rings. The number of hydrogen-bond donors (Lipinski definition) is 0. The number of carbonyl (C=O) groups excluding carboxylic acids is 1. The molecule has 0 spiro atoms. The molecule has 0 unspecified atom stereocenters. The summed E-state index contributed by atoms with van der Waals surface area (Å²) in [5.41, 5.74) is 2.35. The van der Waals surface area contributed by atoms with E-state index in [1.807, 2.05) is 24.3 Å². The van der Waals surface area contributed by atoms with Gasteiger partial charge in [0.05, 0.1) is 20.8 Å². The van der Waals surface area contributed by atoms with Gasteiger partial charge in [0, 0.05) is 11.8 Å². The van der Waals surface area contributed by atoms with Gasteiger partial charge < -0.3 is 14.2 Å². The molecule has 0 aliphatic rings. The van der Waals surface area contributed by atoms with Crippen LogP contribution >= 0.6 is 0 Å². The minimum atomic E-state index is -0.416. The maximum atomic E-state index is 12.5. The zero-order chi connectivity index (χ0) is 17.1. The van der Waals surface area contributed by atoms with Crippen LogP contribution in [0.25, 0.3) is 16.9 Å². The first kappa shape index (κ1) is 15.9. The molecule has 6 heteroatoms. The molecule has 3 rings (SSSR count). The van der Waals surface area contributed by atoms with E-state index in [0.717, 1.165) is 5.56 Å². The predicted octanol–water partition coefficient (Wildman–Crippen LogP) is 3.20. The summed E-state index contributed by atoms with van der Waals surface area (Å²) in [6, 6.07) is 11.0. The summed E-state index contributed by atoms with van der Waals surface area (Å²) in [4.78, 5) is 17.0. The van der Waals surface area contributed by atoms with Crippen molar-refractivity contribution in [1.82, 2.24) is 9.38 Å². The highest BCUT2D eigenvalue weighted by atomic mass is 16.5. The summed E-state index contributed by atoms with van der Waals surface area (Å²) in [6.45, 7) is 2.07. The Labute approximate surface area is 139 Å². The number of aromatic nitrogens is 2. The third-order valence-electron chi connectivity index (χ3n) is 3.66. The van der Waals surface area contributed by atoms with Gasteiger partial charge in [-0.05, 0) is 37.3 Å². The van der Waals surface area contributed by atoms with Gasteiger partial charge in [0.1, 0.15) is 11.3 Å². The molecule has 2 heterocycles. The van der Waals surface area contributed by atoms with E-state index in [1.165, 1.54) is 0 Å². The zero-order valence-corrected chi connectivity index (χ0v) is 13.8. The van der Waals surface area contributed by atoms with Crippen molar-refractivity contribution in [3.05, 3.63) is 48.3 Å². The Hall–Kier alpha value is -3.02. The monoisotopic (exact) mass is 326 g/mol. The minimum absolute atomic E-state index is 0.296. The first-order valence-electron chi connectivity index (χ1n) is 7.56. The van der Waals surface area contributed by atoms with Crippen molar-refractivity contribution >= 4 is 11.6 Å². The standard InChI is InChI=1S/C18H18N2O4/c1-4-24-18(21)17-16(19-15-7-5-6-10-20(15)17)12-8-9-13(22-2)14(11-12)23-3/h5-11H,4H2,1-3H3. The van der Waals surface area contributed by atoms with Crippen LogP contribution in [0, 0.1) is 0 Å². The maximum absolute atomic E-state index is 12.5. The van der Waals surface area contributed by atoms with E-state index in [2.05, 4.69) is 4.98 Å². The fraction of sp³-hybridized carbons (Fsp3) is 0.222. The molecular formula is C18H18N2O4. The van der Waals surface area contributed by atoms with Gasteiger partial charge in [-0.15, -0.1) is 0 Å². The first-order chi connectivity index (χ1) is 11.7. The lowest BCUT2D eigenvalue weighted by molar-refractivity contribution is 0.0519. The predicted molar refractivity (Wildman–Crippen MR) is 89.7 cm³/mol. The van der Waals surface area contributed by atoms with E-state index in [4.69, 9.17) is 14.2 Å². The Bertz CT molecular complexity index is 886. The number of imidazole rings is 1. The fourth-order valence-electron chi connectivity index (χ4n) is 2.58. The molecular weight excluding hydrogens is 308 g/mol. The maximum Gasteiger partial charge on any atom is 0.357 e. The van der Waals surface area contributed by atoms with E-state index in [1.54, 1.807) is 43.9 Å². The van der Waals surface area contributed by atoms with Crippen LogP contribution in [0.5, 0.6) is 11.5 Å². The number of ether oxygens (including phenoxy) is 3. The number of hydrogen-bond acceptors (Lipinski definition) is 5. The summed E-state index contributed by atoms with van der Waals surface area (Å²) in [7, 11) is 3.14. The van der Waals surface area contributed by atoms with Crippen molar-refractivity contribution in [3.8, 4) is 22.8 Å². The van der Waals surface area contributed by atoms with E-state index in [0.29, 0.717) is 35.1 Å². The van der Waals surface area contributed by atoms with Gasteiger partial charge in [-0.3, -0.25) is 4.40 Å². The van der Waals surface area contributed by atoms with Crippen molar-refractivity contribution < 1.29 is 19.0 Å². The van der Waals surface area contributed by atoms with Crippen molar-refractivity contribution in [3.63, 3.8) is 0 Å². The van der Waals surface area contributed by atoms with Crippen LogP contribution in [0.1, 0.15) is 17.4 Å². The fourth-order valence-corrected chi connectivity index (χ4v) is 2.58. The molecule has 0 aliphatic carbocycles. The minimum Gasteiger partial charge on any atom is -0.493 e. The van der Waals surface area contributed by atoms with Crippen molar-refractivity contribution in [2.45, 2.75) is 6.92 Å². The molecule has 0 aliphatic heterocycles. The molecule has 0 saturated carbocycles. The Balaban J connectivity index is 2.22. The average Bonchev–Trinajstić information content (AvgIpc) is 3.00. The number of pyridine rings is 1. The second-order valence-electron chi connectivity index (χ2n) is 5.03. The number of methoxy groups -OCH3 is 2. The molecule has 24 heavy (non-hydrogen) atoms. The summed E-state index contributed by atoms with van der Waals surface area (Å²) in [6.07, 6.45) is 1.79. The quantitative estimate of drug-likeness (QED) is 0.674. The molecule has 0 atom stereocenters. The molecule has 124 valence electrons. The van der Waals surface area contributed by atoms with Gasteiger partial charge >= 0.3 is 5.97 Å². The highest BCUT2D eigenvalue weighted by molar-refractivity contribution is 5.96. The van der Waals surface area contributed by atoms with Gasteiger partial charge in [0.2, 0.25) is 0 Å². The van der Waals surface area contributed by atoms with Crippen LogP contribution in [0.4, 0.5) is 0 Å². The number of esters is 1. The van der Waals surface area contributed by atoms with Crippen LogP contribution in [0.15, 0.2) is 42.6 Å². The van der Waals surface area contributed by atoms with E-state index in [-0.39, 0.29) is 0 Å². The van der Waals surface area contributed by atoms with Gasteiger partial charge in [-0.2, -0.15) is 0 Å². The first-order valence-corrected chi connectivity index (χ1v) is 7.56. The lowest BCUT2D eigenvalue weighted by atomic mass is 10.1. The topological polar surface area (TPSA) is 62.1 Å². The number of nitrogens with zero attached hydrogens (tertiary/aromatic N) is 2. The van der Waals surface area contributed by atoms with Gasteiger partial charge in [0.25, 0.3) is 0 Å². The lowest BCUT2D eigenvalue weighted by Gasteiger charge is -2.09. The van der Waals surface area contributed by atoms with Crippen LogP contribution in [-0.2, 0) is 4.74 Å².